The zero-order valence-corrected chi connectivity index (χ0v) is 10.3. The van der Waals surface area contributed by atoms with E-state index in [-0.39, 0.29) is 11.9 Å². The molecular formula is C9H15BrN4O. The van der Waals surface area contributed by atoms with Crippen LogP contribution in [-0.4, -0.2) is 27.7 Å². The Hall–Kier alpha value is -0.880. The van der Waals surface area contributed by atoms with Gasteiger partial charge < -0.3 is 16.2 Å². The Morgan fingerprint density at radius 3 is 2.87 bits per heavy atom. The highest BCUT2D eigenvalue weighted by Crippen LogP contribution is 2.19. The first-order valence-electron chi connectivity index (χ1n) is 4.70. The summed E-state index contributed by atoms with van der Waals surface area (Å²) in [6.07, 6.45) is 1.17. The molecule has 0 bridgehead atoms. The standard InChI is InChI=1S/C9H15BrN4O/c1-5(2)7(15)4-12-8-6(10)3-13-9(11)14-8/h3,5,7,15H,4H2,1-2H3,(H3,11,12,13,14). The largest absolute Gasteiger partial charge is 0.391 e. The lowest BCUT2D eigenvalue weighted by atomic mass is 10.1. The van der Waals surface area contributed by atoms with Crippen LogP contribution in [0.3, 0.4) is 0 Å². The molecular weight excluding hydrogens is 260 g/mol. The summed E-state index contributed by atoms with van der Waals surface area (Å²) >= 11 is 3.29. The minimum Gasteiger partial charge on any atom is -0.391 e. The van der Waals surface area contributed by atoms with Crippen LogP contribution in [0.25, 0.3) is 0 Å². The molecule has 0 amide bonds. The maximum atomic E-state index is 9.60. The molecule has 0 aliphatic heterocycles. The average molecular weight is 275 g/mol. The van der Waals surface area contributed by atoms with E-state index in [0.717, 1.165) is 4.47 Å². The van der Waals surface area contributed by atoms with Gasteiger partial charge in [0, 0.05) is 12.7 Å². The van der Waals surface area contributed by atoms with Gasteiger partial charge in [0.2, 0.25) is 5.95 Å². The van der Waals surface area contributed by atoms with Gasteiger partial charge in [0.15, 0.2) is 0 Å². The molecule has 1 heterocycles. The summed E-state index contributed by atoms with van der Waals surface area (Å²) in [5.41, 5.74) is 5.45. The first-order chi connectivity index (χ1) is 7.00. The fourth-order valence-corrected chi connectivity index (χ4v) is 1.27. The Bertz CT molecular complexity index is 332. The lowest BCUT2D eigenvalue weighted by molar-refractivity contribution is 0.138. The number of rotatable bonds is 4. The molecule has 6 heteroatoms. The second-order valence-electron chi connectivity index (χ2n) is 3.62. The van der Waals surface area contributed by atoms with E-state index in [2.05, 4.69) is 31.2 Å². The van der Waals surface area contributed by atoms with Crippen molar-refractivity contribution in [2.24, 2.45) is 5.92 Å². The quantitative estimate of drug-likeness (QED) is 0.770. The summed E-state index contributed by atoms with van der Waals surface area (Å²) < 4.78 is 0.729. The fourth-order valence-electron chi connectivity index (χ4n) is 0.942. The predicted molar refractivity (Wildman–Crippen MR) is 63.5 cm³/mol. The third kappa shape index (κ3) is 3.64. The molecule has 0 fully saturated rings. The van der Waals surface area contributed by atoms with Gasteiger partial charge in [-0.15, -0.1) is 0 Å². The first-order valence-corrected chi connectivity index (χ1v) is 5.50. The van der Waals surface area contributed by atoms with Crippen molar-refractivity contribution in [3.63, 3.8) is 0 Å². The van der Waals surface area contributed by atoms with Gasteiger partial charge in [0.25, 0.3) is 0 Å². The van der Waals surface area contributed by atoms with Crippen molar-refractivity contribution in [1.82, 2.24) is 9.97 Å². The van der Waals surface area contributed by atoms with Gasteiger partial charge in [-0.3, -0.25) is 0 Å². The second kappa shape index (κ2) is 5.27. The summed E-state index contributed by atoms with van der Waals surface area (Å²) in [5.74, 6) is 1.01. The van der Waals surface area contributed by atoms with Crippen LogP contribution in [0.15, 0.2) is 10.7 Å². The number of nitrogens with zero attached hydrogens (tertiary/aromatic N) is 2. The summed E-state index contributed by atoms with van der Waals surface area (Å²) in [7, 11) is 0. The summed E-state index contributed by atoms with van der Waals surface area (Å²) in [6, 6.07) is 0. The van der Waals surface area contributed by atoms with Crippen LogP contribution in [0.4, 0.5) is 11.8 Å². The molecule has 1 aromatic heterocycles. The number of aromatic nitrogens is 2. The van der Waals surface area contributed by atoms with Crippen molar-refractivity contribution in [3.8, 4) is 0 Å². The lowest BCUT2D eigenvalue weighted by Gasteiger charge is -2.15. The number of halogens is 1. The third-order valence-corrected chi connectivity index (χ3v) is 2.59. The smallest absolute Gasteiger partial charge is 0.221 e. The summed E-state index contributed by atoms with van der Waals surface area (Å²) in [6.45, 7) is 4.35. The SMILES string of the molecule is CC(C)C(O)CNc1nc(N)ncc1Br. The average Bonchev–Trinajstić information content (AvgIpc) is 2.18. The zero-order valence-electron chi connectivity index (χ0n) is 8.74. The molecule has 0 saturated carbocycles. The lowest BCUT2D eigenvalue weighted by Crippen LogP contribution is -2.25. The molecule has 0 aromatic carbocycles. The Balaban J connectivity index is 2.61. The van der Waals surface area contributed by atoms with Crippen LogP contribution in [0.5, 0.6) is 0 Å². The highest BCUT2D eigenvalue weighted by molar-refractivity contribution is 9.10. The molecule has 4 N–H and O–H groups in total. The molecule has 1 aromatic rings. The predicted octanol–water partition coefficient (Wildman–Crippen LogP) is 1.25. The van der Waals surface area contributed by atoms with Crippen LogP contribution >= 0.6 is 15.9 Å². The van der Waals surface area contributed by atoms with Crippen LogP contribution in [0, 0.1) is 5.92 Å². The van der Waals surface area contributed by atoms with Gasteiger partial charge in [-0.2, -0.15) is 4.98 Å². The normalized spacial score (nSPS) is 12.9. The monoisotopic (exact) mass is 274 g/mol. The summed E-state index contributed by atoms with van der Waals surface area (Å²) in [5, 5.41) is 12.6. The van der Waals surface area contributed by atoms with E-state index < -0.39 is 6.10 Å². The molecule has 5 nitrogen and oxygen atoms in total. The van der Waals surface area contributed by atoms with E-state index in [4.69, 9.17) is 5.73 Å². The number of hydrogen-bond donors (Lipinski definition) is 3. The van der Waals surface area contributed by atoms with Gasteiger partial charge in [-0.05, 0) is 21.8 Å². The Morgan fingerprint density at radius 2 is 2.27 bits per heavy atom. The number of hydrogen-bond acceptors (Lipinski definition) is 5. The van der Waals surface area contributed by atoms with E-state index in [0.29, 0.717) is 12.4 Å². The van der Waals surface area contributed by atoms with E-state index in [1.165, 1.54) is 0 Å². The van der Waals surface area contributed by atoms with Gasteiger partial charge in [0.1, 0.15) is 5.82 Å². The zero-order chi connectivity index (χ0) is 11.4. The maximum absolute atomic E-state index is 9.60. The molecule has 1 rings (SSSR count). The number of aliphatic hydroxyl groups excluding tert-OH is 1. The maximum Gasteiger partial charge on any atom is 0.221 e. The van der Waals surface area contributed by atoms with Gasteiger partial charge in [0.05, 0.1) is 10.6 Å². The first kappa shape index (κ1) is 12.2. The Labute approximate surface area is 97.2 Å². The Morgan fingerprint density at radius 1 is 1.60 bits per heavy atom. The van der Waals surface area contributed by atoms with Crippen molar-refractivity contribution in [3.05, 3.63) is 10.7 Å². The van der Waals surface area contributed by atoms with Crippen LogP contribution < -0.4 is 11.1 Å². The van der Waals surface area contributed by atoms with Crippen LogP contribution in [0.2, 0.25) is 0 Å². The molecule has 84 valence electrons. The van der Waals surface area contributed by atoms with E-state index in [9.17, 15) is 5.11 Å². The highest BCUT2D eigenvalue weighted by Gasteiger charge is 2.10. The molecule has 1 atom stereocenters. The molecule has 15 heavy (non-hydrogen) atoms. The van der Waals surface area contributed by atoms with E-state index >= 15 is 0 Å². The molecule has 0 spiro atoms. The number of nitrogens with two attached hydrogens (primary N) is 1. The topological polar surface area (TPSA) is 84.1 Å². The van der Waals surface area contributed by atoms with E-state index in [1.54, 1.807) is 6.20 Å². The van der Waals surface area contributed by atoms with Crippen molar-refractivity contribution < 1.29 is 5.11 Å². The van der Waals surface area contributed by atoms with Crippen molar-refractivity contribution in [2.75, 3.05) is 17.6 Å². The van der Waals surface area contributed by atoms with Gasteiger partial charge in [-0.1, -0.05) is 13.8 Å². The van der Waals surface area contributed by atoms with Crippen LogP contribution in [0.1, 0.15) is 13.8 Å². The number of aliphatic hydroxyl groups is 1. The number of nitrogens with one attached hydrogen (secondary N) is 1. The second-order valence-corrected chi connectivity index (χ2v) is 4.47. The number of anilines is 2. The number of nitrogen functional groups attached to an aromatic ring is 1. The minimum atomic E-state index is -0.409. The van der Waals surface area contributed by atoms with Gasteiger partial charge >= 0.3 is 0 Å². The van der Waals surface area contributed by atoms with Crippen molar-refractivity contribution in [2.45, 2.75) is 20.0 Å². The van der Waals surface area contributed by atoms with Crippen LogP contribution in [-0.2, 0) is 0 Å². The Kier molecular flexibility index (Phi) is 4.28. The van der Waals surface area contributed by atoms with Crippen molar-refractivity contribution >= 4 is 27.7 Å². The molecule has 0 aliphatic carbocycles. The highest BCUT2D eigenvalue weighted by atomic mass is 79.9. The third-order valence-electron chi connectivity index (χ3n) is 2.01. The molecule has 0 saturated heterocycles. The summed E-state index contributed by atoms with van der Waals surface area (Å²) in [4.78, 5) is 7.82. The molecule has 0 radical (unpaired) electrons. The molecule has 0 aliphatic rings. The van der Waals surface area contributed by atoms with Gasteiger partial charge in [-0.25, -0.2) is 4.98 Å². The van der Waals surface area contributed by atoms with E-state index in [1.807, 2.05) is 13.8 Å². The minimum absolute atomic E-state index is 0.204. The fraction of sp³-hybridized carbons (Fsp3) is 0.556. The van der Waals surface area contributed by atoms with Crippen molar-refractivity contribution in [1.29, 1.82) is 0 Å². The molecule has 1 unspecified atom stereocenters.